The van der Waals surface area contributed by atoms with Crippen LogP contribution in [0.4, 0.5) is 0 Å². The SMILES string of the molecule is Cn1c(CN2CCOCC2)nnc1SCC(=O)N1CCCC1. The number of amides is 1. The Bertz CT molecular complexity index is 509. The van der Waals surface area contributed by atoms with Gasteiger partial charge < -0.3 is 14.2 Å². The molecule has 2 aliphatic rings. The topological polar surface area (TPSA) is 63.5 Å². The molecule has 22 heavy (non-hydrogen) atoms. The molecule has 1 aromatic rings. The molecule has 0 spiro atoms. The molecule has 122 valence electrons. The lowest BCUT2D eigenvalue weighted by Crippen LogP contribution is -2.36. The Morgan fingerprint density at radius 1 is 1.18 bits per heavy atom. The molecule has 0 unspecified atom stereocenters. The molecular formula is C14H23N5O2S. The molecule has 0 saturated carbocycles. The maximum Gasteiger partial charge on any atom is 0.233 e. The van der Waals surface area contributed by atoms with Crippen LogP contribution in [0.2, 0.25) is 0 Å². The van der Waals surface area contributed by atoms with E-state index < -0.39 is 0 Å². The first-order valence-corrected chi connectivity index (χ1v) is 8.81. The van der Waals surface area contributed by atoms with Gasteiger partial charge in [0, 0.05) is 33.2 Å². The van der Waals surface area contributed by atoms with Crippen LogP contribution in [0.15, 0.2) is 5.16 Å². The summed E-state index contributed by atoms with van der Waals surface area (Å²) in [6.07, 6.45) is 2.26. The van der Waals surface area contributed by atoms with E-state index in [1.807, 2.05) is 16.5 Å². The summed E-state index contributed by atoms with van der Waals surface area (Å²) < 4.78 is 7.35. The largest absolute Gasteiger partial charge is 0.379 e. The molecule has 0 radical (unpaired) electrons. The third-order valence-electron chi connectivity index (χ3n) is 4.18. The van der Waals surface area contributed by atoms with Crippen molar-refractivity contribution in [3.05, 3.63) is 5.82 Å². The van der Waals surface area contributed by atoms with E-state index in [9.17, 15) is 4.79 Å². The van der Waals surface area contributed by atoms with Crippen molar-refractivity contribution < 1.29 is 9.53 Å². The van der Waals surface area contributed by atoms with E-state index in [1.54, 1.807) is 0 Å². The number of thioether (sulfide) groups is 1. The number of aromatic nitrogens is 3. The van der Waals surface area contributed by atoms with Crippen molar-refractivity contribution in [2.24, 2.45) is 7.05 Å². The van der Waals surface area contributed by atoms with Crippen LogP contribution in [0.3, 0.4) is 0 Å². The number of hydrogen-bond acceptors (Lipinski definition) is 6. The Balaban J connectivity index is 1.52. The summed E-state index contributed by atoms with van der Waals surface area (Å²) in [4.78, 5) is 16.3. The van der Waals surface area contributed by atoms with Crippen LogP contribution >= 0.6 is 11.8 Å². The highest BCUT2D eigenvalue weighted by atomic mass is 32.2. The minimum Gasteiger partial charge on any atom is -0.379 e. The van der Waals surface area contributed by atoms with Gasteiger partial charge in [0.15, 0.2) is 5.16 Å². The van der Waals surface area contributed by atoms with E-state index in [4.69, 9.17) is 4.74 Å². The van der Waals surface area contributed by atoms with Crippen molar-refractivity contribution in [3.63, 3.8) is 0 Å². The first-order valence-electron chi connectivity index (χ1n) is 7.83. The lowest BCUT2D eigenvalue weighted by Gasteiger charge is -2.25. The molecule has 0 bridgehead atoms. The van der Waals surface area contributed by atoms with Crippen molar-refractivity contribution in [2.45, 2.75) is 24.5 Å². The second-order valence-electron chi connectivity index (χ2n) is 5.72. The number of hydrogen-bond donors (Lipinski definition) is 0. The average molecular weight is 325 g/mol. The van der Waals surface area contributed by atoms with E-state index in [1.165, 1.54) is 11.8 Å². The summed E-state index contributed by atoms with van der Waals surface area (Å²) >= 11 is 1.48. The normalized spacial score (nSPS) is 19.8. The molecule has 0 aliphatic carbocycles. The number of nitrogens with zero attached hydrogens (tertiary/aromatic N) is 5. The predicted octanol–water partition coefficient (Wildman–Crippen LogP) is 0.362. The number of likely N-dealkylation sites (tertiary alicyclic amines) is 1. The fraction of sp³-hybridized carbons (Fsp3) is 0.786. The Morgan fingerprint density at radius 2 is 1.91 bits per heavy atom. The Hall–Kier alpha value is -1.12. The molecule has 3 rings (SSSR count). The fourth-order valence-electron chi connectivity index (χ4n) is 2.75. The molecule has 0 atom stereocenters. The highest BCUT2D eigenvalue weighted by molar-refractivity contribution is 7.99. The Kier molecular flexibility index (Phi) is 5.32. The highest BCUT2D eigenvalue weighted by Gasteiger charge is 2.20. The van der Waals surface area contributed by atoms with Crippen molar-refractivity contribution in [3.8, 4) is 0 Å². The maximum atomic E-state index is 12.1. The number of carbonyl (C=O) groups excluding carboxylic acids is 1. The Labute approximate surface area is 135 Å². The fourth-order valence-corrected chi connectivity index (χ4v) is 3.58. The van der Waals surface area contributed by atoms with Crippen LogP contribution in [0, 0.1) is 0 Å². The Morgan fingerprint density at radius 3 is 2.64 bits per heavy atom. The van der Waals surface area contributed by atoms with Crippen LogP contribution in [0.5, 0.6) is 0 Å². The third kappa shape index (κ3) is 3.80. The van der Waals surface area contributed by atoms with Crippen molar-refractivity contribution in [1.29, 1.82) is 0 Å². The van der Waals surface area contributed by atoms with Gasteiger partial charge in [-0.05, 0) is 12.8 Å². The molecule has 0 aromatic carbocycles. The molecule has 2 aliphatic heterocycles. The molecule has 1 aromatic heterocycles. The quantitative estimate of drug-likeness (QED) is 0.729. The summed E-state index contributed by atoms with van der Waals surface area (Å²) in [5.41, 5.74) is 0. The number of morpholine rings is 1. The zero-order chi connectivity index (χ0) is 15.4. The monoisotopic (exact) mass is 325 g/mol. The van der Waals surface area contributed by atoms with Gasteiger partial charge in [-0.15, -0.1) is 10.2 Å². The van der Waals surface area contributed by atoms with Gasteiger partial charge in [-0.25, -0.2) is 0 Å². The highest BCUT2D eigenvalue weighted by Crippen LogP contribution is 2.18. The van der Waals surface area contributed by atoms with E-state index in [0.29, 0.717) is 5.75 Å². The molecule has 2 saturated heterocycles. The summed E-state index contributed by atoms with van der Waals surface area (Å²) in [7, 11) is 1.97. The minimum absolute atomic E-state index is 0.209. The summed E-state index contributed by atoms with van der Waals surface area (Å²) in [5.74, 6) is 1.60. The molecular weight excluding hydrogens is 302 g/mol. The summed E-state index contributed by atoms with van der Waals surface area (Å²) in [6.45, 7) is 6.02. The molecule has 2 fully saturated rings. The van der Waals surface area contributed by atoms with Gasteiger partial charge in [0.05, 0.1) is 25.5 Å². The lowest BCUT2D eigenvalue weighted by molar-refractivity contribution is -0.127. The van der Waals surface area contributed by atoms with Crippen molar-refractivity contribution >= 4 is 17.7 Å². The minimum atomic E-state index is 0.209. The molecule has 0 N–H and O–H groups in total. The summed E-state index contributed by atoms with van der Waals surface area (Å²) in [5, 5.41) is 9.31. The number of ether oxygens (including phenoxy) is 1. The van der Waals surface area contributed by atoms with E-state index in [2.05, 4.69) is 15.1 Å². The van der Waals surface area contributed by atoms with Crippen LogP contribution in [-0.2, 0) is 23.1 Å². The van der Waals surface area contributed by atoms with Gasteiger partial charge >= 0.3 is 0 Å². The number of carbonyl (C=O) groups is 1. The first-order chi connectivity index (χ1) is 10.7. The zero-order valence-corrected chi connectivity index (χ0v) is 13.8. The van der Waals surface area contributed by atoms with E-state index >= 15 is 0 Å². The van der Waals surface area contributed by atoms with Crippen LogP contribution in [-0.4, -0.2) is 75.6 Å². The van der Waals surface area contributed by atoms with E-state index in [-0.39, 0.29) is 5.91 Å². The molecule has 7 nitrogen and oxygen atoms in total. The van der Waals surface area contributed by atoms with Gasteiger partial charge in [0.1, 0.15) is 5.82 Å². The maximum absolute atomic E-state index is 12.1. The molecule has 8 heteroatoms. The third-order valence-corrected chi connectivity index (χ3v) is 5.18. The summed E-state index contributed by atoms with van der Waals surface area (Å²) in [6, 6.07) is 0. The van der Waals surface area contributed by atoms with Crippen LogP contribution in [0.1, 0.15) is 18.7 Å². The zero-order valence-electron chi connectivity index (χ0n) is 13.0. The lowest BCUT2D eigenvalue weighted by atomic mass is 10.4. The van der Waals surface area contributed by atoms with Gasteiger partial charge in [-0.3, -0.25) is 9.69 Å². The first kappa shape index (κ1) is 15.8. The van der Waals surface area contributed by atoms with Gasteiger partial charge in [0.25, 0.3) is 0 Å². The van der Waals surface area contributed by atoms with Crippen molar-refractivity contribution in [1.82, 2.24) is 24.6 Å². The van der Waals surface area contributed by atoms with Gasteiger partial charge in [-0.1, -0.05) is 11.8 Å². The molecule has 1 amide bonds. The number of rotatable bonds is 5. The second kappa shape index (κ2) is 7.43. The van der Waals surface area contributed by atoms with Gasteiger partial charge in [-0.2, -0.15) is 0 Å². The smallest absolute Gasteiger partial charge is 0.233 e. The molecule has 3 heterocycles. The van der Waals surface area contributed by atoms with Crippen LogP contribution in [0.25, 0.3) is 0 Å². The van der Waals surface area contributed by atoms with Crippen LogP contribution < -0.4 is 0 Å². The predicted molar refractivity (Wildman–Crippen MR) is 83.6 cm³/mol. The van der Waals surface area contributed by atoms with E-state index in [0.717, 1.165) is 69.8 Å². The van der Waals surface area contributed by atoms with Crippen molar-refractivity contribution in [2.75, 3.05) is 45.1 Å². The van der Waals surface area contributed by atoms with Gasteiger partial charge in [0.2, 0.25) is 5.91 Å². The second-order valence-corrected chi connectivity index (χ2v) is 6.67. The average Bonchev–Trinajstić information content (AvgIpc) is 3.18. The standard InChI is InChI=1S/C14H23N5O2S/c1-17-12(10-18-6-8-21-9-7-18)15-16-14(17)22-11-13(20)19-4-2-3-5-19/h2-11H2,1H3.